The Hall–Kier alpha value is -2.33. The molecule has 0 saturated carbocycles. The molecular weight excluding hydrogens is 360 g/mol. The van der Waals surface area contributed by atoms with Gasteiger partial charge in [0, 0.05) is 24.3 Å². The van der Waals surface area contributed by atoms with Gasteiger partial charge in [-0.1, -0.05) is 36.4 Å². The Kier molecular flexibility index (Phi) is 7.70. The van der Waals surface area contributed by atoms with E-state index < -0.39 is 0 Å². The summed E-state index contributed by atoms with van der Waals surface area (Å²) in [7, 11) is 4.26. The van der Waals surface area contributed by atoms with Crippen LogP contribution in [0.4, 0.5) is 11.4 Å². The number of nitrogens with zero attached hydrogens (tertiary/aromatic N) is 2. The standard InChI is InChI=1S/C25H34N2O2/c1-4-29-25(28)16-9-12-20-19-21-11-5-7-14-23(21)27(18-10-17-26(2)3)24-15-8-6-13-22(20)24/h5-8,11,13-15,20H,4,9-10,12,16-19H2,1-3H3. The summed E-state index contributed by atoms with van der Waals surface area (Å²) in [5.74, 6) is 0.334. The smallest absolute Gasteiger partial charge is 0.305 e. The van der Waals surface area contributed by atoms with Gasteiger partial charge < -0.3 is 14.5 Å². The molecule has 0 saturated heterocycles. The van der Waals surface area contributed by atoms with Crippen molar-refractivity contribution < 1.29 is 9.53 Å². The van der Waals surface area contributed by atoms with Crippen molar-refractivity contribution in [2.24, 2.45) is 0 Å². The lowest BCUT2D eigenvalue weighted by atomic mass is 9.87. The molecule has 0 radical (unpaired) electrons. The van der Waals surface area contributed by atoms with Gasteiger partial charge in [0.05, 0.1) is 6.61 Å². The monoisotopic (exact) mass is 394 g/mol. The minimum atomic E-state index is -0.0832. The van der Waals surface area contributed by atoms with E-state index in [0.29, 0.717) is 18.9 Å². The molecule has 2 aromatic carbocycles. The third-order valence-corrected chi connectivity index (χ3v) is 5.64. The average molecular weight is 395 g/mol. The molecule has 0 fully saturated rings. The topological polar surface area (TPSA) is 32.8 Å². The molecule has 0 spiro atoms. The summed E-state index contributed by atoms with van der Waals surface area (Å²) in [4.78, 5) is 16.5. The van der Waals surface area contributed by atoms with Gasteiger partial charge in [0.15, 0.2) is 0 Å². The SMILES string of the molecule is CCOC(=O)CCCC1Cc2ccccc2N(CCCN(C)C)c2ccccc21. The van der Waals surface area contributed by atoms with Gasteiger partial charge in [-0.3, -0.25) is 4.79 Å². The highest BCUT2D eigenvalue weighted by molar-refractivity contribution is 5.72. The summed E-state index contributed by atoms with van der Waals surface area (Å²) in [5.41, 5.74) is 5.44. The van der Waals surface area contributed by atoms with Crippen molar-refractivity contribution in [2.45, 2.75) is 44.9 Å². The molecule has 2 aromatic rings. The van der Waals surface area contributed by atoms with E-state index >= 15 is 0 Å². The Morgan fingerprint density at radius 1 is 1.07 bits per heavy atom. The van der Waals surface area contributed by atoms with Gasteiger partial charge in [-0.15, -0.1) is 0 Å². The molecule has 29 heavy (non-hydrogen) atoms. The van der Waals surface area contributed by atoms with Crippen LogP contribution < -0.4 is 4.90 Å². The number of fused-ring (bicyclic) bond motifs is 2. The Morgan fingerprint density at radius 2 is 1.79 bits per heavy atom. The lowest BCUT2D eigenvalue weighted by Crippen LogP contribution is -2.24. The van der Waals surface area contributed by atoms with E-state index in [2.05, 4.69) is 72.4 Å². The molecule has 4 heteroatoms. The predicted molar refractivity (Wildman–Crippen MR) is 120 cm³/mol. The van der Waals surface area contributed by atoms with Gasteiger partial charge in [0.25, 0.3) is 0 Å². The second kappa shape index (κ2) is 10.4. The maximum absolute atomic E-state index is 11.8. The zero-order valence-electron chi connectivity index (χ0n) is 18.1. The van der Waals surface area contributed by atoms with Crippen LogP contribution in [0.15, 0.2) is 48.5 Å². The van der Waals surface area contributed by atoms with E-state index in [1.54, 1.807) is 0 Å². The first kappa shape index (κ1) is 21.4. The number of rotatable bonds is 9. The molecule has 1 aliphatic heterocycles. The first-order valence-corrected chi connectivity index (χ1v) is 10.8. The van der Waals surface area contributed by atoms with E-state index in [4.69, 9.17) is 4.74 Å². The van der Waals surface area contributed by atoms with E-state index in [1.807, 2.05) is 6.92 Å². The zero-order valence-corrected chi connectivity index (χ0v) is 18.1. The molecule has 1 heterocycles. The molecule has 4 nitrogen and oxygen atoms in total. The van der Waals surface area contributed by atoms with Gasteiger partial charge in [-0.2, -0.15) is 0 Å². The second-order valence-corrected chi connectivity index (χ2v) is 8.09. The summed E-state index contributed by atoms with van der Waals surface area (Å²) in [6, 6.07) is 17.6. The van der Waals surface area contributed by atoms with Gasteiger partial charge in [0.2, 0.25) is 0 Å². The average Bonchev–Trinajstić information content (AvgIpc) is 2.83. The number of anilines is 2. The zero-order chi connectivity index (χ0) is 20.6. The van der Waals surface area contributed by atoms with E-state index in [9.17, 15) is 4.79 Å². The fraction of sp³-hybridized carbons (Fsp3) is 0.480. The minimum absolute atomic E-state index is 0.0832. The van der Waals surface area contributed by atoms with Crippen LogP contribution in [-0.4, -0.2) is 44.7 Å². The molecule has 0 bridgehead atoms. The molecule has 1 aliphatic rings. The van der Waals surface area contributed by atoms with Crippen LogP contribution in [0, 0.1) is 0 Å². The number of carbonyl (C=O) groups is 1. The summed E-state index contributed by atoms with van der Waals surface area (Å²) in [5, 5.41) is 0. The fourth-order valence-electron chi connectivity index (χ4n) is 4.30. The molecule has 0 aliphatic carbocycles. The Bertz CT molecular complexity index is 803. The molecule has 3 rings (SSSR count). The van der Waals surface area contributed by atoms with Crippen molar-refractivity contribution in [2.75, 3.05) is 38.7 Å². The quantitative estimate of drug-likeness (QED) is 0.551. The summed E-state index contributed by atoms with van der Waals surface area (Å²) >= 11 is 0. The van der Waals surface area contributed by atoms with Crippen LogP contribution in [0.1, 0.15) is 49.7 Å². The highest BCUT2D eigenvalue weighted by Crippen LogP contribution is 2.42. The Labute approximate surface area is 175 Å². The number of ether oxygens (including phenoxy) is 1. The molecule has 1 unspecified atom stereocenters. The second-order valence-electron chi connectivity index (χ2n) is 8.09. The van der Waals surface area contributed by atoms with Crippen molar-refractivity contribution in [1.29, 1.82) is 0 Å². The highest BCUT2D eigenvalue weighted by Gasteiger charge is 2.26. The van der Waals surface area contributed by atoms with E-state index in [1.165, 1.54) is 22.5 Å². The van der Waals surface area contributed by atoms with Crippen LogP contribution >= 0.6 is 0 Å². The molecule has 0 aromatic heterocycles. The third-order valence-electron chi connectivity index (χ3n) is 5.64. The predicted octanol–water partition coefficient (Wildman–Crippen LogP) is 5.15. The van der Waals surface area contributed by atoms with Gasteiger partial charge in [-0.25, -0.2) is 0 Å². The van der Waals surface area contributed by atoms with Crippen molar-refractivity contribution in [3.63, 3.8) is 0 Å². The first-order valence-electron chi connectivity index (χ1n) is 10.8. The van der Waals surface area contributed by atoms with E-state index in [-0.39, 0.29) is 5.97 Å². The molecular formula is C25H34N2O2. The molecule has 1 atom stereocenters. The van der Waals surface area contributed by atoms with Crippen LogP contribution in [0.25, 0.3) is 0 Å². The van der Waals surface area contributed by atoms with Crippen LogP contribution in [0.3, 0.4) is 0 Å². The molecule has 0 N–H and O–H groups in total. The normalized spacial score (nSPS) is 15.6. The summed E-state index contributed by atoms with van der Waals surface area (Å²) < 4.78 is 5.11. The number of hydrogen-bond donors (Lipinski definition) is 0. The van der Waals surface area contributed by atoms with Crippen LogP contribution in [0.5, 0.6) is 0 Å². The lowest BCUT2D eigenvalue weighted by Gasteiger charge is -2.28. The van der Waals surface area contributed by atoms with Crippen molar-refractivity contribution >= 4 is 17.3 Å². The van der Waals surface area contributed by atoms with Gasteiger partial charge >= 0.3 is 5.97 Å². The summed E-state index contributed by atoms with van der Waals surface area (Å²) in [6.07, 6.45) is 4.49. The van der Waals surface area contributed by atoms with Crippen molar-refractivity contribution in [1.82, 2.24) is 4.90 Å². The van der Waals surface area contributed by atoms with Gasteiger partial charge in [0.1, 0.15) is 0 Å². The maximum atomic E-state index is 11.8. The van der Waals surface area contributed by atoms with Crippen LogP contribution in [-0.2, 0) is 16.0 Å². The number of benzene rings is 2. The lowest BCUT2D eigenvalue weighted by molar-refractivity contribution is -0.143. The minimum Gasteiger partial charge on any atom is -0.466 e. The third kappa shape index (κ3) is 5.60. The summed E-state index contributed by atoms with van der Waals surface area (Å²) in [6.45, 7) is 4.40. The fourth-order valence-corrected chi connectivity index (χ4v) is 4.30. The maximum Gasteiger partial charge on any atom is 0.305 e. The number of para-hydroxylation sites is 2. The molecule has 0 amide bonds. The largest absolute Gasteiger partial charge is 0.466 e. The molecule has 156 valence electrons. The Balaban J connectivity index is 1.85. The van der Waals surface area contributed by atoms with Crippen molar-refractivity contribution in [3.8, 4) is 0 Å². The Morgan fingerprint density at radius 3 is 2.55 bits per heavy atom. The van der Waals surface area contributed by atoms with E-state index in [0.717, 1.165) is 38.8 Å². The van der Waals surface area contributed by atoms with Crippen molar-refractivity contribution in [3.05, 3.63) is 59.7 Å². The number of hydrogen-bond acceptors (Lipinski definition) is 4. The number of carbonyl (C=O) groups excluding carboxylic acids is 1. The first-order chi connectivity index (χ1) is 14.1. The highest BCUT2D eigenvalue weighted by atomic mass is 16.5. The van der Waals surface area contributed by atoms with Crippen LogP contribution in [0.2, 0.25) is 0 Å². The number of esters is 1. The van der Waals surface area contributed by atoms with Gasteiger partial charge in [-0.05, 0) is 82.4 Å².